The van der Waals surface area contributed by atoms with Crippen molar-refractivity contribution in [2.24, 2.45) is 0 Å². The first-order chi connectivity index (χ1) is 8.28. The van der Waals surface area contributed by atoms with Crippen molar-refractivity contribution in [3.8, 4) is 6.01 Å². The fourth-order valence-electron chi connectivity index (χ4n) is 1.47. The second-order valence-electron chi connectivity index (χ2n) is 3.64. The number of methoxy groups -OCH3 is 1. The minimum atomic E-state index is 0.383. The van der Waals surface area contributed by atoms with Crippen LogP contribution in [0, 0.1) is 6.92 Å². The number of nitrogens with zero attached hydrogens (tertiary/aromatic N) is 3. The van der Waals surface area contributed by atoms with E-state index in [9.17, 15) is 0 Å². The van der Waals surface area contributed by atoms with Crippen molar-refractivity contribution in [1.29, 1.82) is 0 Å². The van der Waals surface area contributed by atoms with E-state index in [0.717, 1.165) is 30.2 Å². The van der Waals surface area contributed by atoms with E-state index in [1.165, 1.54) is 0 Å². The van der Waals surface area contributed by atoms with Crippen LogP contribution in [0.5, 0.6) is 6.01 Å². The predicted molar refractivity (Wildman–Crippen MR) is 64.1 cm³/mol. The highest BCUT2D eigenvalue weighted by Crippen LogP contribution is 2.10. The van der Waals surface area contributed by atoms with Crippen molar-refractivity contribution in [2.45, 2.75) is 13.3 Å². The largest absolute Gasteiger partial charge is 0.467 e. The van der Waals surface area contributed by atoms with E-state index in [1.807, 2.05) is 19.1 Å². The predicted octanol–water partition coefficient (Wildman–Crippen LogP) is 1.17. The van der Waals surface area contributed by atoms with E-state index < -0.39 is 0 Å². The van der Waals surface area contributed by atoms with Crippen LogP contribution < -0.4 is 10.1 Å². The van der Waals surface area contributed by atoms with Crippen LogP contribution in [0.1, 0.15) is 11.4 Å². The van der Waals surface area contributed by atoms with Crippen molar-refractivity contribution < 1.29 is 4.74 Å². The normalized spacial score (nSPS) is 10.2. The maximum Gasteiger partial charge on any atom is 0.318 e. The molecule has 0 aromatic carbocycles. The molecule has 2 aromatic rings. The van der Waals surface area contributed by atoms with Gasteiger partial charge in [-0.2, -0.15) is 10.1 Å². The lowest BCUT2D eigenvalue weighted by molar-refractivity contribution is 0.379. The van der Waals surface area contributed by atoms with Crippen molar-refractivity contribution in [2.75, 3.05) is 19.0 Å². The van der Waals surface area contributed by atoms with Gasteiger partial charge in [0.2, 0.25) is 0 Å². The highest BCUT2D eigenvalue weighted by molar-refractivity contribution is 5.36. The Morgan fingerprint density at radius 1 is 1.41 bits per heavy atom. The lowest BCUT2D eigenvalue weighted by Gasteiger charge is -2.06. The molecule has 6 nitrogen and oxygen atoms in total. The quantitative estimate of drug-likeness (QED) is 0.810. The van der Waals surface area contributed by atoms with Crippen LogP contribution in [0.3, 0.4) is 0 Å². The molecule has 0 spiro atoms. The van der Waals surface area contributed by atoms with E-state index in [0.29, 0.717) is 6.01 Å². The van der Waals surface area contributed by atoms with Gasteiger partial charge in [0, 0.05) is 36.6 Å². The van der Waals surface area contributed by atoms with E-state index in [2.05, 4.69) is 25.5 Å². The minimum Gasteiger partial charge on any atom is -0.467 e. The van der Waals surface area contributed by atoms with Gasteiger partial charge in [-0.15, -0.1) is 0 Å². The Balaban J connectivity index is 1.92. The molecule has 90 valence electrons. The summed E-state index contributed by atoms with van der Waals surface area (Å²) < 4.78 is 5.01. The first kappa shape index (κ1) is 11.4. The summed E-state index contributed by atoms with van der Waals surface area (Å²) in [5, 5.41) is 10.0. The average Bonchev–Trinajstić information content (AvgIpc) is 2.81. The van der Waals surface area contributed by atoms with Gasteiger partial charge in [0.05, 0.1) is 7.11 Å². The summed E-state index contributed by atoms with van der Waals surface area (Å²) in [7, 11) is 1.56. The molecule has 0 saturated carbocycles. The summed E-state index contributed by atoms with van der Waals surface area (Å²) in [4.78, 5) is 8.32. The molecule has 2 rings (SSSR count). The molecule has 0 bridgehead atoms. The maximum absolute atomic E-state index is 5.01. The van der Waals surface area contributed by atoms with Gasteiger partial charge in [-0.1, -0.05) is 0 Å². The minimum absolute atomic E-state index is 0.383. The van der Waals surface area contributed by atoms with Gasteiger partial charge in [0.25, 0.3) is 0 Å². The Kier molecular flexibility index (Phi) is 3.54. The molecule has 0 aliphatic rings. The van der Waals surface area contributed by atoms with E-state index in [1.54, 1.807) is 13.3 Å². The summed E-state index contributed by atoms with van der Waals surface area (Å²) in [6, 6.07) is 4.22. The van der Waals surface area contributed by atoms with Gasteiger partial charge >= 0.3 is 6.01 Å². The molecule has 17 heavy (non-hydrogen) atoms. The molecule has 0 unspecified atom stereocenters. The third-order valence-electron chi connectivity index (χ3n) is 2.28. The van der Waals surface area contributed by atoms with Crippen molar-refractivity contribution in [3.05, 3.63) is 29.7 Å². The molecule has 2 N–H and O–H groups in total. The average molecular weight is 233 g/mol. The molecule has 2 heterocycles. The van der Waals surface area contributed by atoms with Crippen molar-refractivity contribution in [3.63, 3.8) is 0 Å². The first-order valence-electron chi connectivity index (χ1n) is 5.40. The number of H-pyrrole nitrogens is 1. The molecule has 0 aliphatic carbocycles. The Labute approximate surface area is 99.4 Å². The number of rotatable bonds is 5. The van der Waals surface area contributed by atoms with Gasteiger partial charge in [0.1, 0.15) is 5.82 Å². The third kappa shape index (κ3) is 3.17. The molecule has 0 radical (unpaired) electrons. The first-order valence-corrected chi connectivity index (χ1v) is 5.40. The smallest absolute Gasteiger partial charge is 0.318 e. The number of hydrogen-bond donors (Lipinski definition) is 2. The number of anilines is 1. The highest BCUT2D eigenvalue weighted by atomic mass is 16.5. The molecule has 6 heteroatoms. The molecule has 0 amide bonds. The fourth-order valence-corrected chi connectivity index (χ4v) is 1.47. The monoisotopic (exact) mass is 233 g/mol. The maximum atomic E-state index is 5.01. The van der Waals surface area contributed by atoms with Gasteiger partial charge < -0.3 is 10.1 Å². The van der Waals surface area contributed by atoms with Crippen LogP contribution in [-0.4, -0.2) is 33.8 Å². The molecule has 0 saturated heterocycles. The topological polar surface area (TPSA) is 75.7 Å². The van der Waals surface area contributed by atoms with Crippen LogP contribution in [0.25, 0.3) is 0 Å². The number of aryl methyl sites for hydroxylation is 1. The van der Waals surface area contributed by atoms with Gasteiger partial charge in [0.15, 0.2) is 0 Å². The standard InChI is InChI=1S/C11H15N5O/c1-8-7-10(15-11(14-8)17-2)12-5-3-9-4-6-13-16-9/h4,6-7H,3,5H2,1-2H3,(H,13,16)(H,12,14,15). The van der Waals surface area contributed by atoms with Crippen LogP contribution in [0.2, 0.25) is 0 Å². The van der Waals surface area contributed by atoms with Crippen LogP contribution in [-0.2, 0) is 6.42 Å². The van der Waals surface area contributed by atoms with Crippen molar-refractivity contribution in [1.82, 2.24) is 20.2 Å². The third-order valence-corrected chi connectivity index (χ3v) is 2.28. The lowest BCUT2D eigenvalue weighted by atomic mass is 10.3. The highest BCUT2D eigenvalue weighted by Gasteiger charge is 2.01. The Hall–Kier alpha value is -2.11. The fraction of sp³-hybridized carbons (Fsp3) is 0.364. The zero-order chi connectivity index (χ0) is 12.1. The number of ether oxygens (including phenoxy) is 1. The summed E-state index contributed by atoms with van der Waals surface area (Å²) in [6.07, 6.45) is 2.61. The number of aromatic nitrogens is 4. The van der Waals surface area contributed by atoms with E-state index >= 15 is 0 Å². The van der Waals surface area contributed by atoms with Gasteiger partial charge in [-0.3, -0.25) is 5.10 Å². The van der Waals surface area contributed by atoms with Gasteiger partial charge in [-0.25, -0.2) is 4.98 Å². The van der Waals surface area contributed by atoms with Crippen molar-refractivity contribution >= 4 is 5.82 Å². The molecule has 2 aromatic heterocycles. The summed E-state index contributed by atoms with van der Waals surface area (Å²) in [6.45, 7) is 2.69. The van der Waals surface area contributed by atoms with Crippen LogP contribution in [0.15, 0.2) is 18.3 Å². The molecular weight excluding hydrogens is 218 g/mol. The van der Waals surface area contributed by atoms with Crippen LogP contribution >= 0.6 is 0 Å². The Morgan fingerprint density at radius 2 is 2.29 bits per heavy atom. The molecule has 0 aliphatic heterocycles. The SMILES string of the molecule is COc1nc(C)cc(NCCc2ccn[nH]2)n1. The molecule has 0 fully saturated rings. The van der Waals surface area contributed by atoms with E-state index in [4.69, 9.17) is 4.74 Å². The molecular formula is C11H15N5O. The zero-order valence-electron chi connectivity index (χ0n) is 9.90. The van der Waals surface area contributed by atoms with Crippen LogP contribution in [0.4, 0.5) is 5.82 Å². The van der Waals surface area contributed by atoms with Gasteiger partial charge in [-0.05, 0) is 13.0 Å². The van der Waals surface area contributed by atoms with E-state index in [-0.39, 0.29) is 0 Å². The number of hydrogen-bond acceptors (Lipinski definition) is 5. The number of aromatic amines is 1. The Morgan fingerprint density at radius 3 is 3.00 bits per heavy atom. The summed E-state index contributed by atoms with van der Waals surface area (Å²) in [5.74, 6) is 0.772. The lowest BCUT2D eigenvalue weighted by Crippen LogP contribution is -2.08. The summed E-state index contributed by atoms with van der Waals surface area (Å²) >= 11 is 0. The number of nitrogens with one attached hydrogen (secondary N) is 2. The Bertz CT molecular complexity index is 469. The second kappa shape index (κ2) is 5.29. The zero-order valence-corrected chi connectivity index (χ0v) is 9.90. The molecule has 0 atom stereocenters. The second-order valence-corrected chi connectivity index (χ2v) is 3.64. The summed E-state index contributed by atoms with van der Waals surface area (Å²) in [5.41, 5.74) is 1.97.